The van der Waals surface area contributed by atoms with Gasteiger partial charge >= 0.3 is 0 Å². The molecule has 1 heterocycles. The lowest BCUT2D eigenvalue weighted by Gasteiger charge is -2.34. The van der Waals surface area contributed by atoms with Crippen molar-refractivity contribution in [3.8, 4) is 0 Å². The average Bonchev–Trinajstić information content (AvgIpc) is 2.55. The maximum absolute atomic E-state index is 4.91. The van der Waals surface area contributed by atoms with Gasteiger partial charge in [0.2, 0.25) is 0 Å². The fourth-order valence-electron chi connectivity index (χ4n) is 3.78. The van der Waals surface area contributed by atoms with Gasteiger partial charge in [-0.1, -0.05) is 25.7 Å². The van der Waals surface area contributed by atoms with Crippen molar-refractivity contribution in [3.05, 3.63) is 0 Å². The van der Waals surface area contributed by atoms with Crippen LogP contribution in [0.25, 0.3) is 0 Å². The summed E-state index contributed by atoms with van der Waals surface area (Å²) in [5.74, 6) is 2.28. The largest absolute Gasteiger partial charge is 0.355 e. The van der Waals surface area contributed by atoms with Gasteiger partial charge in [-0.15, -0.1) is 0 Å². The summed E-state index contributed by atoms with van der Waals surface area (Å²) in [6.45, 7) is 9.06. The highest BCUT2D eigenvalue weighted by molar-refractivity contribution is 5.85. The van der Waals surface area contributed by atoms with Gasteiger partial charge in [-0.25, -0.2) is 0 Å². The normalized spacial score (nSPS) is 31.9. The Bertz CT molecular complexity index is 293. The molecule has 0 aromatic heterocycles. The number of fused-ring (bicyclic) bond motifs is 1. The van der Waals surface area contributed by atoms with Gasteiger partial charge in [-0.3, -0.25) is 4.99 Å². The van der Waals surface area contributed by atoms with Crippen LogP contribution in [-0.2, 0) is 0 Å². The van der Waals surface area contributed by atoms with Crippen molar-refractivity contribution in [2.45, 2.75) is 90.8 Å². The first kappa shape index (κ1) is 13.9. The highest BCUT2D eigenvalue weighted by Gasteiger charge is 2.38. The maximum Gasteiger partial charge on any atom is 0.100 e. The van der Waals surface area contributed by atoms with Crippen LogP contribution in [0.2, 0.25) is 0 Å². The third-order valence-electron chi connectivity index (χ3n) is 4.43. The molecule has 1 saturated heterocycles. The van der Waals surface area contributed by atoms with Gasteiger partial charge in [0.05, 0.1) is 0 Å². The van der Waals surface area contributed by atoms with E-state index in [1.165, 1.54) is 50.8 Å². The Hall–Kier alpha value is -0.530. The van der Waals surface area contributed by atoms with E-state index in [9.17, 15) is 0 Å². The first-order chi connectivity index (χ1) is 8.59. The second kappa shape index (κ2) is 6.08. The SMILES string of the molecule is CC(C)N=C1CC2CCCCCCC2N1C(C)C. The van der Waals surface area contributed by atoms with Gasteiger partial charge in [0.25, 0.3) is 0 Å². The molecular weight excluding hydrogens is 220 g/mol. The van der Waals surface area contributed by atoms with Crippen LogP contribution in [0.3, 0.4) is 0 Å². The molecule has 2 heteroatoms. The summed E-state index contributed by atoms with van der Waals surface area (Å²) in [5.41, 5.74) is 0. The Balaban J connectivity index is 2.18. The minimum Gasteiger partial charge on any atom is -0.355 e. The van der Waals surface area contributed by atoms with Crippen LogP contribution in [0.5, 0.6) is 0 Å². The molecule has 2 unspecified atom stereocenters. The number of hydrogen-bond acceptors (Lipinski definition) is 1. The maximum atomic E-state index is 4.91. The molecule has 0 spiro atoms. The van der Waals surface area contributed by atoms with Crippen LogP contribution in [0, 0.1) is 5.92 Å². The molecule has 18 heavy (non-hydrogen) atoms. The molecule has 0 radical (unpaired) electrons. The third-order valence-corrected chi connectivity index (χ3v) is 4.43. The smallest absolute Gasteiger partial charge is 0.100 e. The topological polar surface area (TPSA) is 15.6 Å². The van der Waals surface area contributed by atoms with E-state index in [-0.39, 0.29) is 0 Å². The molecule has 0 aromatic carbocycles. The van der Waals surface area contributed by atoms with Gasteiger partial charge in [0.1, 0.15) is 5.84 Å². The Kier molecular flexibility index (Phi) is 4.69. The number of aliphatic imine (C=N–C) groups is 1. The molecule has 2 aliphatic rings. The third kappa shape index (κ3) is 3.07. The number of amidine groups is 1. The number of rotatable bonds is 2. The zero-order valence-corrected chi connectivity index (χ0v) is 12.7. The van der Waals surface area contributed by atoms with Gasteiger partial charge in [-0.2, -0.15) is 0 Å². The highest BCUT2D eigenvalue weighted by atomic mass is 15.3. The second-order valence-electron chi connectivity index (χ2n) is 6.66. The first-order valence-corrected chi connectivity index (χ1v) is 7.94. The van der Waals surface area contributed by atoms with E-state index in [0.29, 0.717) is 12.1 Å². The second-order valence-corrected chi connectivity index (χ2v) is 6.66. The molecule has 2 fully saturated rings. The minimum absolute atomic E-state index is 0.436. The van der Waals surface area contributed by atoms with Gasteiger partial charge in [-0.05, 0) is 46.5 Å². The monoisotopic (exact) mass is 250 g/mol. The lowest BCUT2D eigenvalue weighted by molar-refractivity contribution is 0.202. The number of likely N-dealkylation sites (tertiary alicyclic amines) is 1. The van der Waals surface area contributed by atoms with Gasteiger partial charge in [0.15, 0.2) is 0 Å². The van der Waals surface area contributed by atoms with Crippen molar-refractivity contribution < 1.29 is 0 Å². The van der Waals surface area contributed by atoms with Crippen LogP contribution in [-0.4, -0.2) is 28.9 Å². The molecule has 1 aliphatic carbocycles. The summed E-state index contributed by atoms with van der Waals surface area (Å²) >= 11 is 0. The minimum atomic E-state index is 0.436. The van der Waals surface area contributed by atoms with E-state index >= 15 is 0 Å². The standard InChI is InChI=1S/C16H30N2/c1-12(2)17-16-11-14-9-7-5-6-8-10-15(14)18(16)13(3)4/h12-15H,5-11H2,1-4H3. The summed E-state index contributed by atoms with van der Waals surface area (Å²) in [6.07, 6.45) is 9.78. The Morgan fingerprint density at radius 1 is 1.00 bits per heavy atom. The molecule has 104 valence electrons. The first-order valence-electron chi connectivity index (χ1n) is 7.94. The molecular formula is C16H30N2. The molecule has 2 rings (SSSR count). The van der Waals surface area contributed by atoms with Crippen LogP contribution >= 0.6 is 0 Å². The molecule has 2 atom stereocenters. The predicted molar refractivity (Wildman–Crippen MR) is 79.1 cm³/mol. The zero-order chi connectivity index (χ0) is 13.1. The van der Waals surface area contributed by atoms with E-state index in [1.54, 1.807) is 0 Å². The zero-order valence-electron chi connectivity index (χ0n) is 12.7. The summed E-state index contributed by atoms with van der Waals surface area (Å²) in [7, 11) is 0. The van der Waals surface area contributed by atoms with Crippen LogP contribution in [0.15, 0.2) is 4.99 Å². The Morgan fingerprint density at radius 2 is 1.67 bits per heavy atom. The lowest BCUT2D eigenvalue weighted by Crippen LogP contribution is -2.41. The molecule has 0 aromatic rings. The average molecular weight is 250 g/mol. The summed E-state index contributed by atoms with van der Waals surface area (Å²) in [4.78, 5) is 7.56. The van der Waals surface area contributed by atoms with Crippen LogP contribution < -0.4 is 0 Å². The van der Waals surface area contributed by atoms with E-state index in [0.717, 1.165) is 12.0 Å². The molecule has 0 bridgehead atoms. The molecule has 1 saturated carbocycles. The Morgan fingerprint density at radius 3 is 2.28 bits per heavy atom. The molecule has 1 aliphatic heterocycles. The summed E-state index contributed by atoms with van der Waals surface area (Å²) in [6, 6.07) is 1.82. The van der Waals surface area contributed by atoms with E-state index in [2.05, 4.69) is 32.6 Å². The van der Waals surface area contributed by atoms with Gasteiger partial charge in [0, 0.05) is 24.5 Å². The predicted octanol–water partition coefficient (Wildman–Crippen LogP) is 4.25. The van der Waals surface area contributed by atoms with Crippen molar-refractivity contribution in [3.63, 3.8) is 0 Å². The fourth-order valence-corrected chi connectivity index (χ4v) is 3.78. The fraction of sp³-hybridized carbons (Fsp3) is 0.938. The lowest BCUT2D eigenvalue weighted by atomic mass is 9.87. The van der Waals surface area contributed by atoms with Gasteiger partial charge < -0.3 is 4.90 Å². The van der Waals surface area contributed by atoms with E-state index in [1.807, 2.05) is 0 Å². The van der Waals surface area contributed by atoms with E-state index in [4.69, 9.17) is 4.99 Å². The Labute approximate surface area is 113 Å². The number of hydrogen-bond donors (Lipinski definition) is 0. The van der Waals surface area contributed by atoms with Crippen molar-refractivity contribution in [1.82, 2.24) is 4.90 Å². The van der Waals surface area contributed by atoms with Crippen molar-refractivity contribution in [2.75, 3.05) is 0 Å². The molecule has 0 amide bonds. The highest BCUT2D eigenvalue weighted by Crippen LogP contribution is 2.37. The van der Waals surface area contributed by atoms with Crippen molar-refractivity contribution in [1.29, 1.82) is 0 Å². The quantitative estimate of drug-likeness (QED) is 0.715. The van der Waals surface area contributed by atoms with Crippen LogP contribution in [0.4, 0.5) is 0 Å². The van der Waals surface area contributed by atoms with E-state index < -0.39 is 0 Å². The van der Waals surface area contributed by atoms with Crippen LogP contribution in [0.1, 0.15) is 72.6 Å². The number of nitrogens with zero attached hydrogens (tertiary/aromatic N) is 2. The van der Waals surface area contributed by atoms with Crippen molar-refractivity contribution in [2.24, 2.45) is 10.9 Å². The molecule has 2 nitrogen and oxygen atoms in total. The van der Waals surface area contributed by atoms with Crippen molar-refractivity contribution >= 4 is 5.84 Å². The summed E-state index contributed by atoms with van der Waals surface area (Å²) < 4.78 is 0. The molecule has 0 N–H and O–H groups in total. The summed E-state index contributed by atoms with van der Waals surface area (Å²) in [5, 5.41) is 0.